The number of hydrogen-bond acceptors (Lipinski definition) is 4. The fourth-order valence-corrected chi connectivity index (χ4v) is 3.03. The molecule has 1 saturated heterocycles. The maximum absolute atomic E-state index is 12.8. The number of urea groups is 1. The molecule has 0 aromatic heterocycles. The number of rotatable bonds is 4. The van der Waals surface area contributed by atoms with Crippen LogP contribution in [0.15, 0.2) is 48.5 Å². The third-order valence-electron chi connectivity index (χ3n) is 4.30. The average molecular weight is 383 g/mol. The van der Waals surface area contributed by atoms with E-state index < -0.39 is 29.9 Å². The van der Waals surface area contributed by atoms with Crippen molar-refractivity contribution < 1.29 is 14.4 Å². The van der Waals surface area contributed by atoms with E-state index in [1.165, 1.54) is 18.2 Å². The largest absolute Gasteiger partial charge is 0.325 e. The number of imide groups is 1. The first-order valence-corrected chi connectivity index (χ1v) is 8.42. The number of halogens is 1. The minimum atomic E-state index is -1.24. The van der Waals surface area contributed by atoms with Gasteiger partial charge in [0.15, 0.2) is 0 Å². The number of nitriles is 1. The maximum Gasteiger partial charge on any atom is 0.325 e. The minimum Gasteiger partial charge on any atom is -0.323 e. The summed E-state index contributed by atoms with van der Waals surface area (Å²) in [5.41, 5.74) is -0.188. The number of nitrogens with one attached hydrogen (secondary N) is 2. The molecule has 8 heteroatoms. The highest BCUT2D eigenvalue weighted by Crippen LogP contribution is 2.28. The Hall–Kier alpha value is -3.37. The Kier molecular flexibility index (Phi) is 4.84. The van der Waals surface area contributed by atoms with Crippen LogP contribution in [0.3, 0.4) is 0 Å². The van der Waals surface area contributed by atoms with Crippen LogP contribution in [-0.4, -0.2) is 29.3 Å². The molecule has 0 spiro atoms. The summed E-state index contributed by atoms with van der Waals surface area (Å²) < 4.78 is 0. The SMILES string of the molecule is CC1(c2ccccc2)NC(=O)N(CC(=O)Nc2cc(Cl)ccc2C#N)C1=O. The number of nitrogens with zero attached hydrogens (tertiary/aromatic N) is 2. The van der Waals surface area contributed by atoms with Gasteiger partial charge in [0.1, 0.15) is 18.2 Å². The monoisotopic (exact) mass is 382 g/mol. The van der Waals surface area contributed by atoms with Crippen molar-refractivity contribution in [3.8, 4) is 6.07 Å². The van der Waals surface area contributed by atoms with Crippen LogP contribution in [0.1, 0.15) is 18.1 Å². The van der Waals surface area contributed by atoms with E-state index in [0.717, 1.165) is 4.90 Å². The number of amides is 4. The summed E-state index contributed by atoms with van der Waals surface area (Å²) >= 11 is 5.89. The van der Waals surface area contributed by atoms with Gasteiger partial charge in [-0.15, -0.1) is 0 Å². The summed E-state index contributed by atoms with van der Waals surface area (Å²) in [6.07, 6.45) is 0. The third kappa shape index (κ3) is 3.48. The molecule has 1 aliphatic heterocycles. The van der Waals surface area contributed by atoms with E-state index in [9.17, 15) is 14.4 Å². The van der Waals surface area contributed by atoms with E-state index in [0.29, 0.717) is 10.6 Å². The van der Waals surface area contributed by atoms with Crippen molar-refractivity contribution in [3.05, 3.63) is 64.7 Å². The van der Waals surface area contributed by atoms with Gasteiger partial charge in [-0.25, -0.2) is 4.79 Å². The van der Waals surface area contributed by atoms with E-state index in [2.05, 4.69) is 10.6 Å². The van der Waals surface area contributed by atoms with Crippen LogP contribution in [0.2, 0.25) is 5.02 Å². The Bertz CT molecular complexity index is 971. The van der Waals surface area contributed by atoms with Crippen molar-refractivity contribution in [3.63, 3.8) is 0 Å². The van der Waals surface area contributed by atoms with Gasteiger partial charge in [0, 0.05) is 5.02 Å². The molecular weight excluding hydrogens is 368 g/mol. The van der Waals surface area contributed by atoms with Crippen LogP contribution in [-0.2, 0) is 15.1 Å². The Balaban J connectivity index is 1.77. The van der Waals surface area contributed by atoms with Crippen LogP contribution in [0, 0.1) is 11.3 Å². The molecule has 0 bridgehead atoms. The zero-order valence-corrected chi connectivity index (χ0v) is 15.1. The third-order valence-corrected chi connectivity index (χ3v) is 4.54. The predicted octanol–water partition coefficient (Wildman–Crippen LogP) is 2.62. The average Bonchev–Trinajstić information content (AvgIpc) is 2.87. The molecule has 3 rings (SSSR count). The lowest BCUT2D eigenvalue weighted by molar-refractivity contribution is -0.133. The van der Waals surface area contributed by atoms with Crippen LogP contribution < -0.4 is 10.6 Å². The van der Waals surface area contributed by atoms with Crippen molar-refractivity contribution in [1.29, 1.82) is 5.26 Å². The van der Waals surface area contributed by atoms with Crippen LogP contribution in [0.4, 0.5) is 10.5 Å². The number of carbonyl (C=O) groups is 3. The van der Waals surface area contributed by atoms with Crippen LogP contribution in [0.25, 0.3) is 0 Å². The van der Waals surface area contributed by atoms with E-state index >= 15 is 0 Å². The van der Waals surface area contributed by atoms with Gasteiger partial charge in [-0.05, 0) is 30.7 Å². The van der Waals surface area contributed by atoms with Crippen molar-refractivity contribution >= 4 is 35.1 Å². The zero-order chi connectivity index (χ0) is 19.6. The number of hydrogen-bond donors (Lipinski definition) is 2. The molecule has 2 aromatic rings. The molecule has 0 saturated carbocycles. The smallest absolute Gasteiger partial charge is 0.323 e. The van der Waals surface area contributed by atoms with Gasteiger partial charge in [0.2, 0.25) is 5.91 Å². The van der Waals surface area contributed by atoms with E-state index in [1.54, 1.807) is 37.3 Å². The maximum atomic E-state index is 12.8. The molecule has 1 atom stereocenters. The normalized spacial score (nSPS) is 18.8. The van der Waals surface area contributed by atoms with Crippen LogP contribution >= 0.6 is 11.6 Å². The van der Waals surface area contributed by atoms with Crippen LogP contribution in [0.5, 0.6) is 0 Å². The summed E-state index contributed by atoms with van der Waals surface area (Å²) in [5, 5.41) is 14.6. The molecule has 1 fully saturated rings. The predicted molar refractivity (Wildman–Crippen MR) is 98.8 cm³/mol. The molecule has 7 nitrogen and oxygen atoms in total. The highest BCUT2D eigenvalue weighted by molar-refractivity contribution is 6.31. The molecule has 136 valence electrons. The fourth-order valence-electron chi connectivity index (χ4n) is 2.86. The van der Waals surface area contributed by atoms with Gasteiger partial charge in [-0.2, -0.15) is 5.26 Å². The van der Waals surface area contributed by atoms with Crippen molar-refractivity contribution in [2.75, 3.05) is 11.9 Å². The number of carbonyl (C=O) groups excluding carboxylic acids is 3. The van der Waals surface area contributed by atoms with Gasteiger partial charge >= 0.3 is 6.03 Å². The number of anilines is 1. The summed E-state index contributed by atoms with van der Waals surface area (Å²) in [6, 6.07) is 14.5. The quantitative estimate of drug-likeness (QED) is 0.793. The Morgan fingerprint density at radius 1 is 1.26 bits per heavy atom. The highest BCUT2D eigenvalue weighted by atomic mass is 35.5. The molecule has 2 N–H and O–H groups in total. The molecule has 1 heterocycles. The second-order valence-electron chi connectivity index (χ2n) is 6.16. The molecule has 0 aliphatic carbocycles. The topological polar surface area (TPSA) is 102 Å². The van der Waals surface area contributed by atoms with Gasteiger partial charge < -0.3 is 10.6 Å². The Morgan fingerprint density at radius 2 is 1.96 bits per heavy atom. The Labute approximate surface area is 160 Å². The standard InChI is InChI=1S/C19H15ClN4O3/c1-19(13-5-3-2-4-6-13)17(26)24(18(27)23-19)11-16(25)22-15-9-14(20)8-7-12(15)10-21/h2-9H,11H2,1H3,(H,22,25)(H,23,27). The van der Waals surface area contributed by atoms with E-state index in [1.807, 2.05) is 6.07 Å². The molecule has 4 amide bonds. The molecule has 27 heavy (non-hydrogen) atoms. The summed E-state index contributed by atoms with van der Waals surface area (Å²) in [6.45, 7) is 1.11. The minimum absolute atomic E-state index is 0.216. The second-order valence-corrected chi connectivity index (χ2v) is 6.60. The lowest BCUT2D eigenvalue weighted by Crippen LogP contribution is -2.42. The molecule has 0 radical (unpaired) electrons. The highest BCUT2D eigenvalue weighted by Gasteiger charge is 2.49. The summed E-state index contributed by atoms with van der Waals surface area (Å²) in [4.78, 5) is 38.3. The summed E-state index contributed by atoms with van der Waals surface area (Å²) in [7, 11) is 0. The van der Waals surface area contributed by atoms with Gasteiger partial charge in [-0.3, -0.25) is 14.5 Å². The summed E-state index contributed by atoms with van der Waals surface area (Å²) in [5.74, 6) is -1.14. The van der Waals surface area contributed by atoms with Crippen molar-refractivity contribution in [2.24, 2.45) is 0 Å². The van der Waals surface area contributed by atoms with Gasteiger partial charge in [-0.1, -0.05) is 41.9 Å². The molecule has 1 unspecified atom stereocenters. The lowest BCUT2D eigenvalue weighted by atomic mass is 9.92. The lowest BCUT2D eigenvalue weighted by Gasteiger charge is -2.22. The first kappa shape index (κ1) is 18.4. The van der Waals surface area contributed by atoms with Gasteiger partial charge in [0.25, 0.3) is 5.91 Å². The first-order valence-electron chi connectivity index (χ1n) is 8.04. The van der Waals surface area contributed by atoms with E-state index in [-0.39, 0.29) is 11.3 Å². The van der Waals surface area contributed by atoms with Gasteiger partial charge in [0.05, 0.1) is 11.3 Å². The molecular formula is C19H15ClN4O3. The number of benzene rings is 2. The zero-order valence-electron chi connectivity index (χ0n) is 14.3. The second kappa shape index (κ2) is 7.09. The fraction of sp³-hybridized carbons (Fsp3) is 0.158. The van der Waals surface area contributed by atoms with Crippen molar-refractivity contribution in [1.82, 2.24) is 10.2 Å². The van der Waals surface area contributed by atoms with Crippen molar-refractivity contribution in [2.45, 2.75) is 12.5 Å². The first-order chi connectivity index (χ1) is 12.8. The van der Waals surface area contributed by atoms with E-state index in [4.69, 9.17) is 16.9 Å². The molecule has 2 aromatic carbocycles. The molecule has 1 aliphatic rings. The Morgan fingerprint density at radius 3 is 2.63 bits per heavy atom.